The molecule has 0 fully saturated rings. The van der Waals surface area contributed by atoms with Crippen LogP contribution >= 0.6 is 0 Å². The van der Waals surface area contributed by atoms with Crippen LogP contribution in [0.3, 0.4) is 0 Å². The number of benzene rings is 2. The number of amides is 1. The van der Waals surface area contributed by atoms with Crippen molar-refractivity contribution in [2.24, 2.45) is 0 Å². The summed E-state index contributed by atoms with van der Waals surface area (Å²) in [5, 5.41) is 2.86. The first kappa shape index (κ1) is 21.3. The van der Waals surface area contributed by atoms with Gasteiger partial charge in [0.2, 0.25) is 15.9 Å². The van der Waals surface area contributed by atoms with Gasteiger partial charge in [-0.2, -0.15) is 4.31 Å². The van der Waals surface area contributed by atoms with Gasteiger partial charge in [-0.1, -0.05) is 38.1 Å². The van der Waals surface area contributed by atoms with Crippen molar-refractivity contribution in [1.82, 2.24) is 4.31 Å². The maximum atomic E-state index is 12.7. The molecule has 156 valence electrons. The van der Waals surface area contributed by atoms with E-state index in [1.165, 1.54) is 15.9 Å². The van der Waals surface area contributed by atoms with Gasteiger partial charge in [0, 0.05) is 30.5 Å². The van der Waals surface area contributed by atoms with Gasteiger partial charge in [0.1, 0.15) is 0 Å². The number of anilines is 2. The van der Waals surface area contributed by atoms with Crippen LogP contribution in [0.15, 0.2) is 53.4 Å². The maximum absolute atomic E-state index is 12.7. The van der Waals surface area contributed by atoms with E-state index in [-0.39, 0.29) is 23.4 Å². The van der Waals surface area contributed by atoms with Gasteiger partial charge in [0.05, 0.1) is 11.4 Å². The molecule has 0 bridgehead atoms. The number of fused-ring (bicyclic) bond motifs is 1. The van der Waals surface area contributed by atoms with Gasteiger partial charge in [0.15, 0.2) is 0 Å². The van der Waals surface area contributed by atoms with Crippen LogP contribution in [0.4, 0.5) is 11.4 Å². The minimum atomic E-state index is -3.56. The van der Waals surface area contributed by atoms with Gasteiger partial charge in [-0.25, -0.2) is 8.42 Å². The Balaban J connectivity index is 1.75. The molecule has 2 aromatic carbocycles. The number of nitrogens with one attached hydrogen (secondary N) is 1. The lowest BCUT2D eigenvalue weighted by Crippen LogP contribution is -2.42. The van der Waals surface area contributed by atoms with Crippen molar-refractivity contribution in [3.63, 3.8) is 0 Å². The number of aryl methyl sites for hydroxylation is 1. The first-order valence-corrected chi connectivity index (χ1v) is 11.6. The second kappa shape index (κ2) is 8.97. The molecule has 1 aliphatic heterocycles. The Bertz CT molecular complexity index is 971. The predicted molar refractivity (Wildman–Crippen MR) is 117 cm³/mol. The van der Waals surface area contributed by atoms with Gasteiger partial charge >= 0.3 is 0 Å². The number of hydrogen-bond acceptors (Lipinski definition) is 4. The lowest BCUT2D eigenvalue weighted by Gasteiger charge is -2.36. The summed E-state index contributed by atoms with van der Waals surface area (Å²) < 4.78 is 26.9. The summed E-state index contributed by atoms with van der Waals surface area (Å²) >= 11 is 0. The number of rotatable bonds is 7. The fourth-order valence-electron chi connectivity index (χ4n) is 3.80. The molecule has 7 heteroatoms. The molecular weight excluding hydrogens is 386 g/mol. The molecule has 0 aliphatic carbocycles. The van der Waals surface area contributed by atoms with Crippen LogP contribution in [0.1, 0.15) is 32.8 Å². The van der Waals surface area contributed by atoms with Crippen molar-refractivity contribution in [1.29, 1.82) is 0 Å². The van der Waals surface area contributed by atoms with E-state index in [9.17, 15) is 13.2 Å². The monoisotopic (exact) mass is 415 g/mol. The predicted octanol–water partition coefficient (Wildman–Crippen LogP) is 3.50. The quantitative estimate of drug-likeness (QED) is 0.751. The third kappa shape index (κ3) is 4.62. The third-order valence-corrected chi connectivity index (χ3v) is 7.49. The zero-order valence-corrected chi connectivity index (χ0v) is 18.1. The van der Waals surface area contributed by atoms with Crippen molar-refractivity contribution in [3.8, 4) is 0 Å². The molecule has 29 heavy (non-hydrogen) atoms. The SMILES string of the molecule is CCN(CC)S(=O)(=O)c1cccc(NC(=O)CN2c3ccccc3CC[C@@H]2C)c1. The van der Waals surface area contributed by atoms with Crippen LogP contribution in [-0.4, -0.2) is 44.3 Å². The summed E-state index contributed by atoms with van der Waals surface area (Å²) in [6, 6.07) is 14.9. The highest BCUT2D eigenvalue weighted by Crippen LogP contribution is 2.30. The second-order valence-electron chi connectivity index (χ2n) is 7.31. The molecule has 1 aliphatic rings. The number of hydrogen-bond donors (Lipinski definition) is 1. The summed E-state index contributed by atoms with van der Waals surface area (Å²) in [6.45, 7) is 6.78. The summed E-state index contributed by atoms with van der Waals surface area (Å²) in [5.41, 5.74) is 2.84. The topological polar surface area (TPSA) is 69.7 Å². The van der Waals surface area contributed by atoms with Crippen LogP contribution < -0.4 is 10.2 Å². The highest BCUT2D eigenvalue weighted by molar-refractivity contribution is 7.89. The largest absolute Gasteiger partial charge is 0.359 e. The lowest BCUT2D eigenvalue weighted by molar-refractivity contribution is -0.115. The Hall–Kier alpha value is -2.38. The van der Waals surface area contributed by atoms with Gasteiger partial charge in [-0.15, -0.1) is 0 Å². The van der Waals surface area contributed by atoms with E-state index in [1.807, 2.05) is 26.0 Å². The molecule has 0 spiro atoms. The molecule has 6 nitrogen and oxygen atoms in total. The zero-order valence-electron chi connectivity index (χ0n) is 17.3. The number of nitrogens with zero attached hydrogens (tertiary/aromatic N) is 2. The molecule has 1 atom stereocenters. The molecule has 2 aromatic rings. The number of sulfonamides is 1. The first-order valence-electron chi connectivity index (χ1n) is 10.1. The van der Waals surface area contributed by atoms with E-state index in [1.54, 1.807) is 18.2 Å². The zero-order chi connectivity index (χ0) is 21.0. The summed E-state index contributed by atoms with van der Waals surface area (Å²) in [6.07, 6.45) is 2.02. The van der Waals surface area contributed by atoms with Crippen molar-refractivity contribution >= 4 is 27.3 Å². The second-order valence-corrected chi connectivity index (χ2v) is 9.25. The first-order chi connectivity index (χ1) is 13.9. The fourth-order valence-corrected chi connectivity index (χ4v) is 5.31. The van der Waals surface area contributed by atoms with Crippen molar-refractivity contribution < 1.29 is 13.2 Å². The summed E-state index contributed by atoms with van der Waals surface area (Å²) in [5.74, 6) is -0.161. The van der Waals surface area contributed by atoms with E-state index >= 15 is 0 Å². The number of carbonyl (C=O) groups excluding carboxylic acids is 1. The minimum absolute atomic E-state index is 0.161. The number of para-hydroxylation sites is 1. The van der Waals surface area contributed by atoms with Crippen LogP contribution in [0.5, 0.6) is 0 Å². The van der Waals surface area contributed by atoms with Crippen LogP contribution in [0, 0.1) is 0 Å². The van der Waals surface area contributed by atoms with E-state index in [0.717, 1.165) is 18.5 Å². The van der Waals surface area contributed by atoms with Gasteiger partial charge in [-0.3, -0.25) is 4.79 Å². The van der Waals surface area contributed by atoms with Crippen LogP contribution in [0.2, 0.25) is 0 Å². The molecule has 1 amide bonds. The van der Waals surface area contributed by atoms with Crippen LogP contribution in [-0.2, 0) is 21.2 Å². The Morgan fingerprint density at radius 3 is 2.59 bits per heavy atom. The molecular formula is C22H29N3O3S. The molecule has 0 saturated heterocycles. The fraction of sp³-hybridized carbons (Fsp3) is 0.409. The minimum Gasteiger partial charge on any atom is -0.359 e. The summed E-state index contributed by atoms with van der Waals surface area (Å²) in [7, 11) is -3.56. The van der Waals surface area contributed by atoms with Gasteiger partial charge in [-0.05, 0) is 49.6 Å². The highest BCUT2D eigenvalue weighted by Gasteiger charge is 2.25. The van der Waals surface area contributed by atoms with E-state index in [0.29, 0.717) is 18.8 Å². The Morgan fingerprint density at radius 1 is 1.14 bits per heavy atom. The average molecular weight is 416 g/mol. The average Bonchev–Trinajstić information content (AvgIpc) is 2.71. The Morgan fingerprint density at radius 2 is 1.86 bits per heavy atom. The maximum Gasteiger partial charge on any atom is 0.243 e. The normalized spacial score (nSPS) is 16.6. The number of carbonyl (C=O) groups is 1. The molecule has 0 aromatic heterocycles. The van der Waals surface area contributed by atoms with Crippen molar-refractivity contribution in [3.05, 3.63) is 54.1 Å². The smallest absolute Gasteiger partial charge is 0.243 e. The third-order valence-electron chi connectivity index (χ3n) is 5.44. The highest BCUT2D eigenvalue weighted by atomic mass is 32.2. The van der Waals surface area contributed by atoms with E-state index < -0.39 is 10.0 Å². The van der Waals surface area contributed by atoms with Crippen molar-refractivity contribution in [2.45, 2.75) is 44.6 Å². The molecule has 0 unspecified atom stereocenters. The summed E-state index contributed by atoms with van der Waals surface area (Å²) in [4.78, 5) is 15.0. The van der Waals surface area contributed by atoms with Crippen LogP contribution in [0.25, 0.3) is 0 Å². The Kier molecular flexibility index (Phi) is 6.59. The van der Waals surface area contributed by atoms with Gasteiger partial charge in [0.25, 0.3) is 0 Å². The molecule has 0 radical (unpaired) electrons. The standard InChI is InChI=1S/C22H29N3O3S/c1-4-24(5-2)29(27,28)20-11-8-10-19(15-20)23-22(26)16-25-17(3)13-14-18-9-6-7-12-21(18)25/h6-12,15,17H,4-5,13-14,16H2,1-3H3,(H,23,26)/t17-/m0/s1. The van der Waals surface area contributed by atoms with E-state index in [2.05, 4.69) is 29.3 Å². The van der Waals surface area contributed by atoms with Gasteiger partial charge < -0.3 is 10.2 Å². The van der Waals surface area contributed by atoms with E-state index in [4.69, 9.17) is 0 Å². The Labute approximate surface area is 173 Å². The molecule has 1 N–H and O–H groups in total. The molecule has 3 rings (SSSR count). The molecule has 1 heterocycles. The van der Waals surface area contributed by atoms with Crippen molar-refractivity contribution in [2.75, 3.05) is 29.9 Å². The lowest BCUT2D eigenvalue weighted by atomic mass is 9.96. The molecule has 0 saturated carbocycles.